The summed E-state index contributed by atoms with van der Waals surface area (Å²) >= 11 is 12.2. The lowest BCUT2D eigenvalue weighted by Gasteiger charge is -2.02. The number of nitrogens with zero attached hydrogens (tertiary/aromatic N) is 1. The average Bonchev–Trinajstić information content (AvgIpc) is 2.33. The third-order valence-corrected chi connectivity index (χ3v) is 3.49. The lowest BCUT2D eigenvalue weighted by atomic mass is 10.1. The van der Waals surface area contributed by atoms with E-state index in [1.54, 1.807) is 18.3 Å². The number of halogens is 2. The Morgan fingerprint density at radius 3 is 2.22 bits per heavy atom. The maximum absolute atomic E-state index is 6.08. The van der Waals surface area contributed by atoms with Crippen molar-refractivity contribution in [2.75, 3.05) is 0 Å². The van der Waals surface area contributed by atoms with Gasteiger partial charge in [-0.3, -0.25) is 4.99 Å². The molecule has 0 radical (unpaired) electrons. The molecule has 2 aromatic rings. The van der Waals surface area contributed by atoms with Crippen LogP contribution in [0.2, 0.25) is 10.0 Å². The summed E-state index contributed by atoms with van der Waals surface area (Å²) in [6, 6.07) is 11.5. The summed E-state index contributed by atoms with van der Waals surface area (Å²) in [7, 11) is 0. The fourth-order valence-electron chi connectivity index (χ4n) is 1.58. The van der Waals surface area contributed by atoms with Crippen LogP contribution in [0.1, 0.15) is 16.7 Å². The van der Waals surface area contributed by atoms with E-state index in [4.69, 9.17) is 23.2 Å². The van der Waals surface area contributed by atoms with Gasteiger partial charge in [-0.05, 0) is 49.2 Å². The van der Waals surface area contributed by atoms with E-state index in [0.717, 1.165) is 11.3 Å². The minimum Gasteiger partial charge on any atom is -0.256 e. The second kappa shape index (κ2) is 5.55. The first kappa shape index (κ1) is 13.1. The second-order valence-electron chi connectivity index (χ2n) is 4.16. The predicted molar refractivity (Wildman–Crippen MR) is 79.6 cm³/mol. The number of benzene rings is 2. The van der Waals surface area contributed by atoms with Crippen LogP contribution in [0.15, 0.2) is 41.4 Å². The molecular weight excluding hydrogens is 265 g/mol. The molecule has 0 unspecified atom stereocenters. The average molecular weight is 278 g/mol. The number of rotatable bonds is 2. The summed E-state index contributed by atoms with van der Waals surface area (Å²) < 4.78 is 0. The van der Waals surface area contributed by atoms with Crippen LogP contribution in [-0.2, 0) is 0 Å². The first-order chi connectivity index (χ1) is 8.58. The van der Waals surface area contributed by atoms with Gasteiger partial charge in [0.1, 0.15) is 0 Å². The highest BCUT2D eigenvalue weighted by molar-refractivity contribution is 6.38. The molecule has 0 atom stereocenters. The third kappa shape index (κ3) is 2.92. The summed E-state index contributed by atoms with van der Waals surface area (Å²) in [6.45, 7) is 4.14. The van der Waals surface area contributed by atoms with E-state index in [1.165, 1.54) is 11.1 Å². The summed E-state index contributed by atoms with van der Waals surface area (Å²) in [6.07, 6.45) is 1.70. The normalized spacial score (nSPS) is 11.1. The van der Waals surface area contributed by atoms with Crippen LogP contribution in [0.25, 0.3) is 0 Å². The molecule has 0 aliphatic rings. The zero-order valence-corrected chi connectivity index (χ0v) is 11.8. The zero-order valence-electron chi connectivity index (χ0n) is 10.2. The SMILES string of the molecule is Cc1ccc(N=Cc2c(Cl)cccc2Cl)cc1C. The molecule has 0 bridgehead atoms. The Labute approximate surface area is 117 Å². The molecule has 0 amide bonds. The zero-order chi connectivity index (χ0) is 13.1. The van der Waals surface area contributed by atoms with Gasteiger partial charge in [-0.15, -0.1) is 0 Å². The van der Waals surface area contributed by atoms with Gasteiger partial charge in [0.25, 0.3) is 0 Å². The Morgan fingerprint density at radius 2 is 1.61 bits per heavy atom. The van der Waals surface area contributed by atoms with E-state index in [9.17, 15) is 0 Å². The molecule has 2 aromatic carbocycles. The summed E-state index contributed by atoms with van der Waals surface area (Å²) in [5.74, 6) is 0. The highest BCUT2D eigenvalue weighted by atomic mass is 35.5. The molecule has 0 heterocycles. The molecule has 0 aliphatic heterocycles. The Kier molecular flexibility index (Phi) is 4.05. The topological polar surface area (TPSA) is 12.4 Å². The Hall–Kier alpha value is -1.31. The first-order valence-electron chi connectivity index (χ1n) is 5.63. The molecule has 0 saturated carbocycles. The van der Waals surface area contributed by atoms with Crippen molar-refractivity contribution in [1.82, 2.24) is 0 Å². The van der Waals surface area contributed by atoms with Crippen molar-refractivity contribution in [3.05, 3.63) is 63.1 Å². The molecule has 0 saturated heterocycles. The minimum atomic E-state index is 0.607. The summed E-state index contributed by atoms with van der Waals surface area (Å²) in [5.41, 5.74) is 4.12. The minimum absolute atomic E-state index is 0.607. The fraction of sp³-hybridized carbons (Fsp3) is 0.133. The maximum Gasteiger partial charge on any atom is 0.0632 e. The van der Waals surface area contributed by atoms with E-state index < -0.39 is 0 Å². The van der Waals surface area contributed by atoms with Crippen molar-refractivity contribution in [1.29, 1.82) is 0 Å². The quantitative estimate of drug-likeness (QED) is 0.655. The first-order valence-corrected chi connectivity index (χ1v) is 6.39. The fourth-order valence-corrected chi connectivity index (χ4v) is 2.07. The third-order valence-electron chi connectivity index (χ3n) is 2.83. The molecule has 18 heavy (non-hydrogen) atoms. The summed E-state index contributed by atoms with van der Waals surface area (Å²) in [4.78, 5) is 4.41. The van der Waals surface area contributed by atoms with Gasteiger partial charge in [0.2, 0.25) is 0 Å². The standard InChI is InChI=1S/C15H13Cl2N/c1-10-6-7-12(8-11(10)2)18-9-13-14(16)4-3-5-15(13)17/h3-9H,1-2H3. The van der Waals surface area contributed by atoms with Crippen LogP contribution < -0.4 is 0 Å². The molecule has 0 N–H and O–H groups in total. The molecule has 3 heteroatoms. The number of hydrogen-bond donors (Lipinski definition) is 0. The molecule has 2 rings (SSSR count). The second-order valence-corrected chi connectivity index (χ2v) is 4.98. The van der Waals surface area contributed by atoms with Crippen LogP contribution in [0.3, 0.4) is 0 Å². The van der Waals surface area contributed by atoms with Gasteiger partial charge >= 0.3 is 0 Å². The molecule has 0 fully saturated rings. The van der Waals surface area contributed by atoms with Gasteiger partial charge in [0.15, 0.2) is 0 Å². The largest absolute Gasteiger partial charge is 0.256 e. The Bertz CT molecular complexity index is 583. The number of aliphatic imine (C=N–C) groups is 1. The Morgan fingerprint density at radius 1 is 0.944 bits per heavy atom. The van der Waals surface area contributed by atoms with Gasteiger partial charge in [0.05, 0.1) is 15.7 Å². The molecule has 0 aromatic heterocycles. The van der Waals surface area contributed by atoms with E-state index in [2.05, 4.69) is 24.9 Å². The molecular formula is C15H13Cl2N. The van der Waals surface area contributed by atoms with Crippen LogP contribution in [0.4, 0.5) is 5.69 Å². The van der Waals surface area contributed by atoms with Crippen molar-refractivity contribution in [2.45, 2.75) is 13.8 Å². The van der Waals surface area contributed by atoms with Crippen molar-refractivity contribution < 1.29 is 0 Å². The predicted octanol–water partition coefficient (Wildman–Crippen LogP) is 5.36. The molecule has 1 nitrogen and oxygen atoms in total. The van der Waals surface area contributed by atoms with Crippen molar-refractivity contribution in [2.24, 2.45) is 4.99 Å². The van der Waals surface area contributed by atoms with Gasteiger partial charge in [-0.2, -0.15) is 0 Å². The highest BCUT2D eigenvalue weighted by Gasteiger charge is 2.02. The highest BCUT2D eigenvalue weighted by Crippen LogP contribution is 2.24. The number of hydrogen-bond acceptors (Lipinski definition) is 1. The Balaban J connectivity index is 2.33. The summed E-state index contributed by atoms with van der Waals surface area (Å²) in [5, 5.41) is 1.21. The lowest BCUT2D eigenvalue weighted by Crippen LogP contribution is -1.85. The van der Waals surface area contributed by atoms with Crippen molar-refractivity contribution >= 4 is 35.1 Å². The van der Waals surface area contributed by atoms with Gasteiger partial charge in [-0.1, -0.05) is 35.3 Å². The van der Waals surface area contributed by atoms with Crippen LogP contribution >= 0.6 is 23.2 Å². The smallest absolute Gasteiger partial charge is 0.0632 e. The van der Waals surface area contributed by atoms with E-state index in [0.29, 0.717) is 10.0 Å². The van der Waals surface area contributed by atoms with Crippen molar-refractivity contribution in [3.63, 3.8) is 0 Å². The number of aryl methyl sites for hydroxylation is 2. The van der Waals surface area contributed by atoms with E-state index in [1.807, 2.05) is 18.2 Å². The molecule has 92 valence electrons. The van der Waals surface area contributed by atoms with Gasteiger partial charge in [-0.25, -0.2) is 0 Å². The van der Waals surface area contributed by atoms with Gasteiger partial charge < -0.3 is 0 Å². The maximum atomic E-state index is 6.08. The van der Waals surface area contributed by atoms with E-state index >= 15 is 0 Å². The van der Waals surface area contributed by atoms with Crippen molar-refractivity contribution in [3.8, 4) is 0 Å². The lowest BCUT2D eigenvalue weighted by molar-refractivity contribution is 1.33. The van der Waals surface area contributed by atoms with Gasteiger partial charge in [0, 0.05) is 11.8 Å². The monoisotopic (exact) mass is 277 g/mol. The van der Waals surface area contributed by atoms with Crippen LogP contribution in [0.5, 0.6) is 0 Å². The van der Waals surface area contributed by atoms with E-state index in [-0.39, 0.29) is 0 Å². The molecule has 0 aliphatic carbocycles. The van der Waals surface area contributed by atoms with Crippen LogP contribution in [-0.4, -0.2) is 6.21 Å². The van der Waals surface area contributed by atoms with Crippen LogP contribution in [0, 0.1) is 13.8 Å². The molecule has 0 spiro atoms.